The van der Waals surface area contributed by atoms with E-state index in [1.54, 1.807) is 12.1 Å². The molecule has 3 nitrogen and oxygen atoms in total. The summed E-state index contributed by atoms with van der Waals surface area (Å²) in [7, 11) is 0. The molecule has 4 rings (SSSR count). The molecule has 1 saturated carbocycles. The Bertz CT molecular complexity index is 869. The summed E-state index contributed by atoms with van der Waals surface area (Å²) in [6, 6.07) is 9.78. The maximum Gasteiger partial charge on any atom is 0.229 e. The van der Waals surface area contributed by atoms with Gasteiger partial charge in [0, 0.05) is 28.7 Å². The zero-order valence-corrected chi connectivity index (χ0v) is 16.9. The Morgan fingerprint density at radius 2 is 1.64 bits per heavy atom. The van der Waals surface area contributed by atoms with Crippen molar-refractivity contribution in [2.75, 3.05) is 6.54 Å². The highest BCUT2D eigenvalue weighted by Gasteiger charge is 2.48. The third-order valence-electron chi connectivity index (χ3n) is 6.18. The Morgan fingerprint density at radius 3 is 2.25 bits per heavy atom. The molecule has 1 spiro atoms. The maximum absolute atomic E-state index is 13.2. The molecule has 0 radical (unpaired) electrons. The van der Waals surface area contributed by atoms with E-state index in [0.717, 1.165) is 36.0 Å². The van der Waals surface area contributed by atoms with Gasteiger partial charge in [-0.25, -0.2) is 4.39 Å². The normalized spacial score (nSPS) is 24.9. The van der Waals surface area contributed by atoms with E-state index in [4.69, 9.17) is 23.2 Å². The lowest BCUT2D eigenvalue weighted by Crippen LogP contribution is -2.38. The van der Waals surface area contributed by atoms with Gasteiger partial charge in [0.25, 0.3) is 0 Å². The van der Waals surface area contributed by atoms with Crippen molar-refractivity contribution in [3.05, 3.63) is 57.8 Å². The lowest BCUT2D eigenvalue weighted by Gasteiger charge is -2.34. The number of amides is 1. The highest BCUT2D eigenvalue weighted by molar-refractivity contribution is 6.36. The molecule has 148 valence electrons. The Balaban J connectivity index is 1.54. The van der Waals surface area contributed by atoms with Gasteiger partial charge in [-0.3, -0.25) is 4.79 Å². The van der Waals surface area contributed by atoms with Crippen LogP contribution in [0.4, 0.5) is 4.39 Å². The number of aliphatic hydroxyl groups is 1. The van der Waals surface area contributed by atoms with Crippen molar-refractivity contribution < 1.29 is 14.3 Å². The second-order valence-electron chi connectivity index (χ2n) is 7.91. The van der Waals surface area contributed by atoms with Gasteiger partial charge in [0.1, 0.15) is 5.82 Å². The molecule has 0 aromatic heterocycles. The van der Waals surface area contributed by atoms with Crippen molar-refractivity contribution in [2.45, 2.75) is 44.8 Å². The average molecular weight is 422 g/mol. The monoisotopic (exact) mass is 421 g/mol. The number of likely N-dealkylation sites (tertiary alicyclic amines) is 1. The van der Waals surface area contributed by atoms with Crippen molar-refractivity contribution in [1.82, 2.24) is 4.90 Å². The SMILES string of the molecule is O=C1N(Cc2c(Cl)cc(-c3ccc(F)cc3)cc2Cl)CCC12CCC(O)CC2. The Morgan fingerprint density at radius 1 is 1.04 bits per heavy atom. The summed E-state index contributed by atoms with van der Waals surface area (Å²) in [6.45, 7) is 1.06. The number of nitrogens with zero attached hydrogens (tertiary/aromatic N) is 1. The molecule has 2 fully saturated rings. The molecular weight excluding hydrogens is 400 g/mol. The molecule has 1 aliphatic carbocycles. The molecule has 2 aromatic carbocycles. The van der Waals surface area contributed by atoms with Gasteiger partial charge in [0.15, 0.2) is 0 Å². The van der Waals surface area contributed by atoms with E-state index in [2.05, 4.69) is 0 Å². The first-order valence-electron chi connectivity index (χ1n) is 9.59. The van der Waals surface area contributed by atoms with E-state index in [0.29, 0.717) is 36.0 Å². The fourth-order valence-corrected chi connectivity index (χ4v) is 5.02. The summed E-state index contributed by atoms with van der Waals surface area (Å²) in [6.07, 6.45) is 3.40. The van der Waals surface area contributed by atoms with Crippen LogP contribution < -0.4 is 0 Å². The standard InChI is InChI=1S/C22H22Cl2FNO2/c23-19-11-15(14-1-3-16(25)4-2-14)12-20(24)18(19)13-26-10-9-22(21(26)28)7-5-17(27)6-8-22/h1-4,11-12,17,27H,5-10,13H2. The van der Waals surface area contributed by atoms with Crippen molar-refractivity contribution in [1.29, 1.82) is 0 Å². The van der Waals surface area contributed by atoms with Crippen LogP contribution in [0.3, 0.4) is 0 Å². The van der Waals surface area contributed by atoms with Crippen LogP contribution in [-0.2, 0) is 11.3 Å². The first-order valence-corrected chi connectivity index (χ1v) is 10.3. The second kappa shape index (κ2) is 7.66. The molecule has 1 heterocycles. The van der Waals surface area contributed by atoms with E-state index in [1.807, 2.05) is 17.0 Å². The number of aliphatic hydroxyl groups excluding tert-OH is 1. The van der Waals surface area contributed by atoms with Crippen LogP contribution in [0.15, 0.2) is 36.4 Å². The second-order valence-corrected chi connectivity index (χ2v) is 8.73. The summed E-state index contributed by atoms with van der Waals surface area (Å²) in [5.41, 5.74) is 2.04. The average Bonchev–Trinajstić information content (AvgIpc) is 2.97. The Labute approximate surface area is 174 Å². The maximum atomic E-state index is 13.2. The predicted molar refractivity (Wildman–Crippen MR) is 109 cm³/mol. The molecular formula is C22H22Cl2FNO2. The van der Waals surface area contributed by atoms with Crippen LogP contribution in [0.25, 0.3) is 11.1 Å². The number of halogens is 3. The first kappa shape index (κ1) is 19.7. The lowest BCUT2D eigenvalue weighted by atomic mass is 9.72. The number of hydrogen-bond acceptors (Lipinski definition) is 2. The van der Waals surface area contributed by atoms with Gasteiger partial charge in [0.2, 0.25) is 5.91 Å². The van der Waals surface area contributed by atoms with Crippen LogP contribution >= 0.6 is 23.2 Å². The minimum Gasteiger partial charge on any atom is -0.393 e. The molecule has 2 aromatic rings. The van der Waals surface area contributed by atoms with Crippen LogP contribution in [-0.4, -0.2) is 28.6 Å². The van der Waals surface area contributed by atoms with Gasteiger partial charge < -0.3 is 10.0 Å². The van der Waals surface area contributed by atoms with Crippen molar-refractivity contribution in [2.24, 2.45) is 5.41 Å². The van der Waals surface area contributed by atoms with E-state index in [9.17, 15) is 14.3 Å². The molecule has 0 bridgehead atoms. The molecule has 0 atom stereocenters. The number of carbonyl (C=O) groups excluding carboxylic acids is 1. The highest BCUT2D eigenvalue weighted by atomic mass is 35.5. The quantitative estimate of drug-likeness (QED) is 0.715. The number of benzene rings is 2. The van der Waals surface area contributed by atoms with Crippen molar-refractivity contribution in [3.8, 4) is 11.1 Å². The van der Waals surface area contributed by atoms with Crippen LogP contribution in [0.2, 0.25) is 10.0 Å². The van der Waals surface area contributed by atoms with Gasteiger partial charge in [0.05, 0.1) is 11.5 Å². The summed E-state index contributed by atoms with van der Waals surface area (Å²) < 4.78 is 13.2. The smallest absolute Gasteiger partial charge is 0.229 e. The predicted octanol–water partition coefficient (Wildman–Crippen LogP) is 5.45. The van der Waals surface area contributed by atoms with Gasteiger partial charge in [-0.1, -0.05) is 35.3 Å². The zero-order valence-electron chi connectivity index (χ0n) is 15.4. The van der Waals surface area contributed by atoms with Gasteiger partial charge >= 0.3 is 0 Å². The van der Waals surface area contributed by atoms with Crippen LogP contribution in [0.5, 0.6) is 0 Å². The first-order chi connectivity index (χ1) is 13.4. The lowest BCUT2D eigenvalue weighted by molar-refractivity contribution is -0.139. The van der Waals surface area contributed by atoms with Gasteiger partial charge in [-0.2, -0.15) is 0 Å². The molecule has 0 unspecified atom stereocenters. The summed E-state index contributed by atoms with van der Waals surface area (Å²) in [4.78, 5) is 14.9. The molecule has 28 heavy (non-hydrogen) atoms. The van der Waals surface area contributed by atoms with Gasteiger partial charge in [-0.15, -0.1) is 0 Å². The summed E-state index contributed by atoms with van der Waals surface area (Å²) >= 11 is 13.0. The number of hydrogen-bond donors (Lipinski definition) is 1. The van der Waals surface area contributed by atoms with E-state index < -0.39 is 0 Å². The zero-order chi connectivity index (χ0) is 19.9. The van der Waals surface area contributed by atoms with E-state index >= 15 is 0 Å². The third kappa shape index (κ3) is 3.66. The molecule has 1 amide bonds. The topological polar surface area (TPSA) is 40.5 Å². The number of rotatable bonds is 3. The third-order valence-corrected chi connectivity index (χ3v) is 6.86. The van der Waals surface area contributed by atoms with E-state index in [-0.39, 0.29) is 23.2 Å². The van der Waals surface area contributed by atoms with E-state index in [1.165, 1.54) is 12.1 Å². The van der Waals surface area contributed by atoms with Crippen LogP contribution in [0, 0.1) is 11.2 Å². The highest BCUT2D eigenvalue weighted by Crippen LogP contribution is 2.45. The minimum absolute atomic E-state index is 0.147. The number of carbonyl (C=O) groups is 1. The fraction of sp³-hybridized carbons (Fsp3) is 0.409. The van der Waals surface area contributed by atoms with Gasteiger partial charge in [-0.05, 0) is 67.5 Å². The molecule has 2 aliphatic rings. The minimum atomic E-state index is -0.327. The molecule has 1 aliphatic heterocycles. The van der Waals surface area contributed by atoms with Crippen molar-refractivity contribution >= 4 is 29.1 Å². The summed E-state index contributed by atoms with van der Waals surface area (Å²) in [5, 5.41) is 10.8. The fourth-order valence-electron chi connectivity index (χ4n) is 4.42. The Hall–Kier alpha value is -1.62. The molecule has 1 saturated heterocycles. The van der Waals surface area contributed by atoms with Crippen molar-refractivity contribution in [3.63, 3.8) is 0 Å². The Kier molecular flexibility index (Phi) is 5.38. The van der Waals surface area contributed by atoms with Crippen LogP contribution in [0.1, 0.15) is 37.7 Å². The molecule has 1 N–H and O–H groups in total. The molecule has 6 heteroatoms. The largest absolute Gasteiger partial charge is 0.393 e. The summed E-state index contributed by atoms with van der Waals surface area (Å²) in [5.74, 6) is -0.150.